The van der Waals surface area contributed by atoms with Gasteiger partial charge in [-0.25, -0.2) is 0 Å². The van der Waals surface area contributed by atoms with E-state index in [2.05, 4.69) is 0 Å². The van der Waals surface area contributed by atoms with E-state index < -0.39 is 0 Å². The Labute approximate surface area is 120 Å². The third-order valence-electron chi connectivity index (χ3n) is 3.66. The highest BCUT2D eigenvalue weighted by molar-refractivity contribution is 5.83. The van der Waals surface area contributed by atoms with Gasteiger partial charge in [-0.05, 0) is 43.4 Å². The molecular weight excluding hydrogens is 256 g/mol. The van der Waals surface area contributed by atoms with E-state index in [1.807, 2.05) is 18.2 Å². The van der Waals surface area contributed by atoms with Crippen molar-refractivity contribution < 1.29 is 19.0 Å². The van der Waals surface area contributed by atoms with E-state index in [1.54, 1.807) is 14.2 Å². The fraction of sp³-hybridized carbons (Fsp3) is 0.562. The average Bonchev–Trinajstić information content (AvgIpc) is 2.49. The lowest BCUT2D eigenvalue weighted by atomic mass is 9.96. The topological polar surface area (TPSA) is 44.8 Å². The average molecular weight is 278 g/mol. The summed E-state index contributed by atoms with van der Waals surface area (Å²) in [5.74, 6) is 1.70. The Morgan fingerprint density at radius 2 is 1.95 bits per heavy atom. The molecule has 1 aromatic rings. The first-order valence-electron chi connectivity index (χ1n) is 7.10. The molecule has 0 radical (unpaired) electrons. The van der Waals surface area contributed by atoms with Gasteiger partial charge in [-0.3, -0.25) is 4.79 Å². The van der Waals surface area contributed by atoms with Crippen LogP contribution in [0.5, 0.6) is 11.5 Å². The van der Waals surface area contributed by atoms with Crippen molar-refractivity contribution in [2.75, 3.05) is 20.8 Å². The Hall–Kier alpha value is -1.55. The molecule has 1 aliphatic carbocycles. The van der Waals surface area contributed by atoms with Crippen LogP contribution in [0.25, 0.3) is 0 Å². The van der Waals surface area contributed by atoms with E-state index in [0.29, 0.717) is 13.0 Å². The molecule has 0 spiro atoms. The molecule has 0 unspecified atom stereocenters. The Kier molecular flexibility index (Phi) is 5.41. The zero-order valence-corrected chi connectivity index (χ0v) is 12.2. The van der Waals surface area contributed by atoms with Crippen LogP contribution in [0, 0.1) is 0 Å². The third-order valence-corrected chi connectivity index (χ3v) is 3.66. The number of ketones is 1. The maximum absolute atomic E-state index is 11.7. The second-order valence-electron chi connectivity index (χ2n) is 5.01. The molecule has 0 aliphatic heterocycles. The molecule has 110 valence electrons. The zero-order valence-electron chi connectivity index (χ0n) is 12.2. The van der Waals surface area contributed by atoms with Crippen LogP contribution >= 0.6 is 0 Å². The van der Waals surface area contributed by atoms with Crippen molar-refractivity contribution in [1.82, 2.24) is 0 Å². The smallest absolute Gasteiger partial charge is 0.161 e. The van der Waals surface area contributed by atoms with Crippen LogP contribution in [-0.2, 0) is 16.0 Å². The number of rotatable bonds is 6. The predicted molar refractivity (Wildman–Crippen MR) is 76.5 cm³/mol. The maximum Gasteiger partial charge on any atom is 0.161 e. The monoisotopic (exact) mass is 278 g/mol. The lowest BCUT2D eigenvalue weighted by Gasteiger charge is -2.20. The number of carbonyl (C=O) groups is 1. The van der Waals surface area contributed by atoms with Crippen molar-refractivity contribution in [2.45, 2.75) is 38.2 Å². The summed E-state index contributed by atoms with van der Waals surface area (Å²) in [4.78, 5) is 11.7. The second-order valence-corrected chi connectivity index (χ2v) is 5.01. The molecule has 0 amide bonds. The van der Waals surface area contributed by atoms with Crippen LogP contribution in [0.2, 0.25) is 0 Å². The number of benzene rings is 1. The molecule has 0 aromatic heterocycles. The number of Topliss-reactive ketones (excluding diaryl/α,β-unsaturated/α-hetero) is 1. The standard InChI is InChI=1S/C16H22O4/c1-18-15-8-7-12(11-16(15)19-2)9-10-20-14-6-4-3-5-13(14)17/h7-8,11,14H,3-6,9-10H2,1-2H3/t14-/m1/s1. The Morgan fingerprint density at radius 1 is 1.15 bits per heavy atom. The van der Waals surface area contributed by atoms with Crippen LogP contribution in [0.15, 0.2) is 18.2 Å². The maximum atomic E-state index is 11.7. The predicted octanol–water partition coefficient (Wildman–Crippen LogP) is 2.77. The van der Waals surface area contributed by atoms with Gasteiger partial charge in [-0.2, -0.15) is 0 Å². The van der Waals surface area contributed by atoms with Crippen molar-refractivity contribution in [1.29, 1.82) is 0 Å². The van der Waals surface area contributed by atoms with Crippen molar-refractivity contribution in [3.05, 3.63) is 23.8 Å². The molecule has 1 atom stereocenters. The van der Waals surface area contributed by atoms with Crippen LogP contribution < -0.4 is 9.47 Å². The minimum atomic E-state index is -0.191. The van der Waals surface area contributed by atoms with E-state index in [4.69, 9.17) is 14.2 Å². The highest BCUT2D eigenvalue weighted by Gasteiger charge is 2.22. The molecular formula is C16H22O4. The molecule has 2 rings (SSSR count). The van der Waals surface area contributed by atoms with Crippen LogP contribution in [0.4, 0.5) is 0 Å². The van der Waals surface area contributed by atoms with Gasteiger partial charge in [0.1, 0.15) is 6.10 Å². The molecule has 1 aliphatic rings. The quantitative estimate of drug-likeness (QED) is 0.802. The van der Waals surface area contributed by atoms with Gasteiger partial charge >= 0.3 is 0 Å². The molecule has 0 saturated heterocycles. The summed E-state index contributed by atoms with van der Waals surface area (Å²) in [6, 6.07) is 5.83. The van der Waals surface area contributed by atoms with Gasteiger partial charge in [-0.15, -0.1) is 0 Å². The fourth-order valence-electron chi connectivity index (χ4n) is 2.48. The van der Waals surface area contributed by atoms with Gasteiger partial charge in [0.15, 0.2) is 17.3 Å². The molecule has 4 nitrogen and oxygen atoms in total. The molecule has 4 heteroatoms. The highest BCUT2D eigenvalue weighted by Crippen LogP contribution is 2.27. The van der Waals surface area contributed by atoms with Gasteiger partial charge in [0, 0.05) is 6.42 Å². The van der Waals surface area contributed by atoms with Crippen molar-refractivity contribution in [3.63, 3.8) is 0 Å². The number of methoxy groups -OCH3 is 2. The van der Waals surface area contributed by atoms with E-state index >= 15 is 0 Å². The van der Waals surface area contributed by atoms with Gasteiger partial charge in [-0.1, -0.05) is 6.07 Å². The first kappa shape index (κ1) is 14.9. The minimum Gasteiger partial charge on any atom is -0.493 e. The Bertz CT molecular complexity index is 456. The zero-order chi connectivity index (χ0) is 14.4. The summed E-state index contributed by atoms with van der Waals surface area (Å²) in [6.45, 7) is 0.561. The summed E-state index contributed by atoms with van der Waals surface area (Å²) in [5, 5.41) is 0. The Balaban J connectivity index is 1.86. The first-order chi connectivity index (χ1) is 9.74. The normalized spacial score (nSPS) is 18.9. The number of carbonyl (C=O) groups excluding carboxylic acids is 1. The molecule has 0 heterocycles. The number of ether oxygens (including phenoxy) is 3. The van der Waals surface area contributed by atoms with E-state index in [0.717, 1.165) is 42.7 Å². The first-order valence-corrected chi connectivity index (χ1v) is 7.10. The van der Waals surface area contributed by atoms with Crippen molar-refractivity contribution in [2.24, 2.45) is 0 Å². The van der Waals surface area contributed by atoms with Gasteiger partial charge in [0.25, 0.3) is 0 Å². The van der Waals surface area contributed by atoms with Gasteiger partial charge in [0.05, 0.1) is 20.8 Å². The number of hydrogen-bond acceptors (Lipinski definition) is 4. The summed E-state index contributed by atoms with van der Waals surface area (Å²) in [5.41, 5.74) is 1.12. The molecule has 20 heavy (non-hydrogen) atoms. The summed E-state index contributed by atoms with van der Waals surface area (Å²) in [7, 11) is 3.24. The fourth-order valence-corrected chi connectivity index (χ4v) is 2.48. The third kappa shape index (κ3) is 3.73. The molecule has 1 saturated carbocycles. The van der Waals surface area contributed by atoms with Gasteiger partial charge < -0.3 is 14.2 Å². The second kappa shape index (κ2) is 7.29. The van der Waals surface area contributed by atoms with Crippen LogP contribution in [0.1, 0.15) is 31.2 Å². The van der Waals surface area contributed by atoms with Crippen LogP contribution in [0.3, 0.4) is 0 Å². The highest BCUT2D eigenvalue weighted by atomic mass is 16.5. The number of hydrogen-bond donors (Lipinski definition) is 0. The van der Waals surface area contributed by atoms with E-state index in [1.165, 1.54) is 0 Å². The van der Waals surface area contributed by atoms with Crippen molar-refractivity contribution >= 4 is 5.78 Å². The summed E-state index contributed by atoms with van der Waals surface area (Å²) < 4.78 is 16.2. The minimum absolute atomic E-state index is 0.191. The van der Waals surface area contributed by atoms with E-state index in [9.17, 15) is 4.79 Å². The summed E-state index contributed by atoms with van der Waals surface area (Å²) >= 11 is 0. The molecule has 0 bridgehead atoms. The van der Waals surface area contributed by atoms with E-state index in [-0.39, 0.29) is 11.9 Å². The molecule has 1 aromatic carbocycles. The lowest BCUT2D eigenvalue weighted by Crippen LogP contribution is -2.28. The summed E-state index contributed by atoms with van der Waals surface area (Å²) in [6.07, 6.45) is 4.21. The SMILES string of the molecule is COc1ccc(CCO[C@@H]2CCCCC2=O)cc1OC. The molecule has 0 N–H and O–H groups in total. The molecule has 1 fully saturated rings. The largest absolute Gasteiger partial charge is 0.493 e. The van der Waals surface area contributed by atoms with Crippen molar-refractivity contribution in [3.8, 4) is 11.5 Å². The van der Waals surface area contributed by atoms with Gasteiger partial charge in [0.2, 0.25) is 0 Å². The van der Waals surface area contributed by atoms with Crippen LogP contribution in [-0.4, -0.2) is 32.7 Å². The Morgan fingerprint density at radius 3 is 2.65 bits per heavy atom. The lowest BCUT2D eigenvalue weighted by molar-refractivity contribution is -0.133.